The van der Waals surface area contributed by atoms with E-state index in [1.165, 1.54) is 4.68 Å². The Morgan fingerprint density at radius 2 is 2.19 bits per heavy atom. The van der Waals surface area contributed by atoms with Crippen molar-refractivity contribution < 1.29 is 9.90 Å². The van der Waals surface area contributed by atoms with E-state index < -0.39 is 5.97 Å². The fourth-order valence-corrected chi connectivity index (χ4v) is 2.05. The van der Waals surface area contributed by atoms with Crippen LogP contribution in [0.4, 0.5) is 0 Å². The molecular weight excluding hydrogens is 272 g/mol. The molecule has 3 rings (SSSR count). The van der Waals surface area contributed by atoms with Gasteiger partial charge in [0.15, 0.2) is 5.69 Å². The van der Waals surface area contributed by atoms with E-state index in [1.54, 1.807) is 37.1 Å². The highest BCUT2D eigenvalue weighted by atomic mass is 16.4. The van der Waals surface area contributed by atoms with Crippen molar-refractivity contribution in [1.82, 2.24) is 29.5 Å². The van der Waals surface area contributed by atoms with Crippen LogP contribution in [0.2, 0.25) is 0 Å². The first-order chi connectivity index (χ1) is 10.2. The maximum Gasteiger partial charge on any atom is 0.358 e. The minimum atomic E-state index is -1.12. The fourth-order valence-electron chi connectivity index (χ4n) is 2.05. The molecule has 0 aromatic carbocycles. The molecule has 0 saturated heterocycles. The highest BCUT2D eigenvalue weighted by Crippen LogP contribution is 2.22. The molecule has 0 aliphatic carbocycles. The Balaban J connectivity index is 2.09. The Bertz CT molecular complexity index is 777. The van der Waals surface area contributed by atoms with Gasteiger partial charge in [0.05, 0.1) is 24.8 Å². The largest absolute Gasteiger partial charge is 0.476 e. The lowest BCUT2D eigenvalue weighted by Crippen LogP contribution is -2.08. The Labute approximate surface area is 119 Å². The van der Waals surface area contributed by atoms with Crippen LogP contribution < -0.4 is 0 Å². The van der Waals surface area contributed by atoms with Crippen molar-refractivity contribution in [2.45, 2.75) is 6.54 Å². The Kier molecular flexibility index (Phi) is 3.19. The smallest absolute Gasteiger partial charge is 0.358 e. The topological polar surface area (TPSA) is 98.7 Å². The molecule has 0 fully saturated rings. The van der Waals surface area contributed by atoms with Crippen molar-refractivity contribution in [3.05, 3.63) is 48.4 Å². The van der Waals surface area contributed by atoms with Crippen LogP contribution >= 0.6 is 0 Å². The lowest BCUT2D eigenvalue weighted by atomic mass is 10.1. The van der Waals surface area contributed by atoms with Crippen LogP contribution in [0.3, 0.4) is 0 Å². The van der Waals surface area contributed by atoms with E-state index in [0.717, 1.165) is 5.69 Å². The standard InChI is InChI=1S/C13H12N6O2/c1-18-8-15-6-10(18)7-19-12(9-3-2-4-14-5-9)11(13(20)21)16-17-19/h2-6,8H,7H2,1H3,(H,20,21). The molecule has 0 aliphatic rings. The van der Waals surface area contributed by atoms with Crippen molar-refractivity contribution in [3.63, 3.8) is 0 Å². The van der Waals surface area contributed by atoms with Gasteiger partial charge in [0.25, 0.3) is 0 Å². The summed E-state index contributed by atoms with van der Waals surface area (Å²) in [6.45, 7) is 0.376. The zero-order chi connectivity index (χ0) is 14.8. The maximum atomic E-state index is 11.3. The van der Waals surface area contributed by atoms with Gasteiger partial charge in [-0.15, -0.1) is 5.10 Å². The van der Waals surface area contributed by atoms with Gasteiger partial charge in [0, 0.05) is 25.0 Å². The minimum absolute atomic E-state index is 0.0924. The number of carboxylic acid groups (broad SMARTS) is 1. The normalized spacial score (nSPS) is 10.7. The molecule has 8 nitrogen and oxygen atoms in total. The van der Waals surface area contributed by atoms with Crippen molar-refractivity contribution >= 4 is 5.97 Å². The Morgan fingerprint density at radius 3 is 2.81 bits per heavy atom. The van der Waals surface area contributed by atoms with E-state index in [4.69, 9.17) is 0 Å². The van der Waals surface area contributed by atoms with E-state index in [9.17, 15) is 9.90 Å². The second kappa shape index (κ2) is 5.16. The number of aryl methyl sites for hydroxylation is 1. The molecule has 0 radical (unpaired) electrons. The van der Waals surface area contributed by atoms with Gasteiger partial charge in [0.2, 0.25) is 0 Å². The highest BCUT2D eigenvalue weighted by Gasteiger charge is 2.21. The zero-order valence-electron chi connectivity index (χ0n) is 11.2. The summed E-state index contributed by atoms with van der Waals surface area (Å²) in [5.74, 6) is -1.12. The zero-order valence-corrected chi connectivity index (χ0v) is 11.2. The Hall–Kier alpha value is -3.03. The maximum absolute atomic E-state index is 11.3. The van der Waals surface area contributed by atoms with Crippen molar-refractivity contribution in [2.75, 3.05) is 0 Å². The van der Waals surface area contributed by atoms with E-state index in [0.29, 0.717) is 17.8 Å². The number of nitrogens with zero attached hydrogens (tertiary/aromatic N) is 6. The van der Waals surface area contributed by atoms with Crippen LogP contribution in [0.25, 0.3) is 11.3 Å². The van der Waals surface area contributed by atoms with E-state index >= 15 is 0 Å². The van der Waals surface area contributed by atoms with Crippen molar-refractivity contribution in [3.8, 4) is 11.3 Å². The monoisotopic (exact) mass is 284 g/mol. The molecule has 1 N–H and O–H groups in total. The number of rotatable bonds is 4. The molecule has 0 bridgehead atoms. The summed E-state index contributed by atoms with van der Waals surface area (Å²) < 4.78 is 3.38. The van der Waals surface area contributed by atoms with E-state index in [2.05, 4.69) is 20.3 Å². The number of hydrogen-bond acceptors (Lipinski definition) is 5. The number of aromatic nitrogens is 6. The summed E-state index contributed by atoms with van der Waals surface area (Å²) in [6, 6.07) is 3.51. The molecule has 0 aliphatic heterocycles. The average molecular weight is 284 g/mol. The van der Waals surface area contributed by atoms with Crippen LogP contribution in [-0.4, -0.2) is 40.6 Å². The molecule has 0 saturated carbocycles. The second-order valence-electron chi connectivity index (χ2n) is 4.49. The summed E-state index contributed by atoms with van der Waals surface area (Å²) in [5.41, 5.74) is 1.88. The first kappa shape index (κ1) is 13.0. The summed E-state index contributed by atoms with van der Waals surface area (Å²) in [7, 11) is 1.86. The third-order valence-electron chi connectivity index (χ3n) is 3.10. The summed E-state index contributed by atoms with van der Waals surface area (Å²) >= 11 is 0. The molecule has 0 atom stereocenters. The molecule has 106 valence electrons. The molecular formula is C13H12N6O2. The van der Waals surface area contributed by atoms with Crippen molar-refractivity contribution in [2.24, 2.45) is 7.05 Å². The molecule has 0 spiro atoms. The molecule has 3 heterocycles. The van der Waals surface area contributed by atoms with Gasteiger partial charge in [-0.2, -0.15) is 0 Å². The predicted octanol–water partition coefficient (Wildman–Crippen LogP) is 0.820. The third-order valence-corrected chi connectivity index (χ3v) is 3.10. The highest BCUT2D eigenvalue weighted by molar-refractivity contribution is 5.92. The summed E-state index contributed by atoms with van der Waals surface area (Å²) in [6.07, 6.45) is 6.59. The molecule has 0 amide bonds. The quantitative estimate of drug-likeness (QED) is 0.761. The number of pyridine rings is 1. The van der Waals surface area contributed by atoms with Crippen LogP contribution in [-0.2, 0) is 13.6 Å². The molecule has 0 unspecified atom stereocenters. The van der Waals surface area contributed by atoms with Crippen LogP contribution in [0.5, 0.6) is 0 Å². The molecule has 8 heteroatoms. The van der Waals surface area contributed by atoms with Gasteiger partial charge in [-0.05, 0) is 12.1 Å². The predicted molar refractivity (Wildman–Crippen MR) is 72.5 cm³/mol. The number of aromatic carboxylic acids is 1. The van der Waals surface area contributed by atoms with E-state index in [-0.39, 0.29) is 5.69 Å². The van der Waals surface area contributed by atoms with Crippen LogP contribution in [0, 0.1) is 0 Å². The SMILES string of the molecule is Cn1cncc1Cn1nnc(C(=O)O)c1-c1cccnc1. The van der Waals surface area contributed by atoms with Crippen molar-refractivity contribution in [1.29, 1.82) is 0 Å². The lowest BCUT2D eigenvalue weighted by molar-refractivity contribution is 0.0691. The van der Waals surface area contributed by atoms with Gasteiger partial charge < -0.3 is 9.67 Å². The third kappa shape index (κ3) is 2.38. The molecule has 3 aromatic heterocycles. The minimum Gasteiger partial charge on any atom is -0.476 e. The van der Waals surface area contributed by atoms with E-state index in [1.807, 2.05) is 11.6 Å². The van der Waals surface area contributed by atoms with Gasteiger partial charge >= 0.3 is 5.97 Å². The van der Waals surface area contributed by atoms with Crippen LogP contribution in [0.15, 0.2) is 37.1 Å². The molecule has 3 aromatic rings. The lowest BCUT2D eigenvalue weighted by Gasteiger charge is -2.07. The fraction of sp³-hybridized carbons (Fsp3) is 0.154. The first-order valence-electron chi connectivity index (χ1n) is 6.19. The molecule has 21 heavy (non-hydrogen) atoms. The Morgan fingerprint density at radius 1 is 1.33 bits per heavy atom. The summed E-state index contributed by atoms with van der Waals surface area (Å²) in [5, 5.41) is 17.0. The van der Waals surface area contributed by atoms with Gasteiger partial charge in [-0.3, -0.25) is 4.98 Å². The average Bonchev–Trinajstić information content (AvgIpc) is 3.07. The van der Waals surface area contributed by atoms with Gasteiger partial charge in [-0.25, -0.2) is 14.5 Å². The van der Waals surface area contributed by atoms with Gasteiger partial charge in [0.1, 0.15) is 5.69 Å². The number of carboxylic acids is 1. The number of imidazole rings is 1. The second-order valence-corrected chi connectivity index (χ2v) is 4.49. The van der Waals surface area contributed by atoms with Crippen LogP contribution in [0.1, 0.15) is 16.2 Å². The number of hydrogen-bond donors (Lipinski definition) is 1. The van der Waals surface area contributed by atoms with Gasteiger partial charge in [-0.1, -0.05) is 5.21 Å². The first-order valence-corrected chi connectivity index (χ1v) is 6.19. The summed E-state index contributed by atoms with van der Waals surface area (Å²) in [4.78, 5) is 19.4. The number of carbonyl (C=O) groups is 1.